The van der Waals surface area contributed by atoms with Gasteiger partial charge < -0.3 is 15.0 Å². The highest BCUT2D eigenvalue weighted by atomic mass is 32.2. The summed E-state index contributed by atoms with van der Waals surface area (Å²) < 4.78 is 27.3. The Balaban J connectivity index is 1.43. The number of nitrogens with zero attached hydrogens (tertiary/aromatic N) is 2. The number of hydrogen-bond donors (Lipinski definition) is 2. The van der Waals surface area contributed by atoms with Gasteiger partial charge in [-0.25, -0.2) is 14.0 Å². The fourth-order valence-corrected chi connectivity index (χ4v) is 6.52. The zero-order valence-electron chi connectivity index (χ0n) is 20.1. The van der Waals surface area contributed by atoms with E-state index in [1.54, 1.807) is 12.1 Å². The van der Waals surface area contributed by atoms with Crippen LogP contribution in [0.1, 0.15) is 67.9 Å². The Labute approximate surface area is 202 Å². The highest BCUT2D eigenvalue weighted by Gasteiger charge is 2.44. The van der Waals surface area contributed by atoms with Crippen molar-refractivity contribution in [2.24, 2.45) is 5.41 Å². The summed E-state index contributed by atoms with van der Waals surface area (Å²) in [5.41, 5.74) is 3.27. The minimum Gasteiger partial charge on any atom is -0.478 e. The highest BCUT2D eigenvalue weighted by molar-refractivity contribution is 7.93. The summed E-state index contributed by atoms with van der Waals surface area (Å²) in [7, 11) is -2.82. The van der Waals surface area contributed by atoms with Gasteiger partial charge in [0.1, 0.15) is 5.69 Å². The van der Waals surface area contributed by atoms with Crippen LogP contribution in [0.15, 0.2) is 35.2 Å². The average molecular weight is 483 g/mol. The zero-order valence-corrected chi connectivity index (χ0v) is 20.9. The molecule has 7 nitrogen and oxygen atoms in total. The van der Waals surface area contributed by atoms with Crippen LogP contribution in [0.3, 0.4) is 0 Å². The maximum absolute atomic E-state index is 13.2. The van der Waals surface area contributed by atoms with Gasteiger partial charge in [0.15, 0.2) is 0 Å². The second-order valence-electron chi connectivity index (χ2n) is 10.1. The molecule has 1 unspecified atom stereocenters. The van der Waals surface area contributed by atoms with E-state index in [1.807, 2.05) is 32.0 Å². The topological polar surface area (TPSA) is 95.4 Å². The monoisotopic (exact) mass is 482 g/mol. The second kappa shape index (κ2) is 8.87. The molecule has 182 valence electrons. The van der Waals surface area contributed by atoms with Crippen molar-refractivity contribution in [2.45, 2.75) is 68.9 Å². The third-order valence-electron chi connectivity index (χ3n) is 7.32. The van der Waals surface area contributed by atoms with Crippen molar-refractivity contribution in [3.8, 4) is 5.88 Å². The average Bonchev–Trinajstić information content (AvgIpc) is 3.74. The molecule has 8 heteroatoms. The van der Waals surface area contributed by atoms with Gasteiger partial charge in [-0.3, -0.25) is 4.79 Å². The predicted octanol–water partition coefficient (Wildman–Crippen LogP) is 5.38. The lowest BCUT2D eigenvalue weighted by molar-refractivity contribution is 0.102. The molecule has 1 aromatic carbocycles. The molecule has 1 amide bonds. The molecular weight excluding hydrogens is 448 g/mol. The molecule has 3 aliphatic rings. The fraction of sp³-hybridized carbons (Fsp3) is 0.538. The molecule has 1 spiro atoms. The number of pyridine rings is 1. The van der Waals surface area contributed by atoms with Crippen LogP contribution in [0.4, 0.5) is 11.4 Å². The van der Waals surface area contributed by atoms with Gasteiger partial charge in [0.25, 0.3) is 5.91 Å². The molecule has 1 aromatic heterocycles. The Morgan fingerprint density at radius 3 is 2.59 bits per heavy atom. The van der Waals surface area contributed by atoms with E-state index in [4.69, 9.17) is 9.52 Å². The summed E-state index contributed by atoms with van der Waals surface area (Å²) in [6, 6.07) is 9.03. The number of benzene rings is 1. The van der Waals surface area contributed by atoms with Crippen molar-refractivity contribution < 1.29 is 13.7 Å². The number of carbonyl (C=O) groups excluding carboxylic acids is 1. The first-order valence-corrected chi connectivity index (χ1v) is 14.0. The van der Waals surface area contributed by atoms with E-state index in [2.05, 4.69) is 15.2 Å². The number of anilines is 2. The summed E-state index contributed by atoms with van der Waals surface area (Å²) in [5.74, 6) is 0.148. The van der Waals surface area contributed by atoms with Crippen molar-refractivity contribution in [1.82, 2.24) is 4.98 Å². The molecule has 34 heavy (non-hydrogen) atoms. The van der Waals surface area contributed by atoms with Crippen LogP contribution in [0.25, 0.3) is 0 Å². The van der Waals surface area contributed by atoms with E-state index >= 15 is 0 Å². The molecule has 3 fully saturated rings. The lowest BCUT2D eigenvalue weighted by Gasteiger charge is -2.35. The standard InChI is InChI=1S/C26H34N4O3S/c1-3-14-33-24-16-18(2)15-22(28-24)25(31)29-21-7-6-20(34(27,32)19-4-5-19)17-23(21)30-12-10-26(8-9-26)11-13-30/h6-7,15-17,19,27H,3-5,8-14H2,1-2H3,(H,29,31). The Morgan fingerprint density at radius 1 is 1.21 bits per heavy atom. The van der Waals surface area contributed by atoms with Gasteiger partial charge in [-0.1, -0.05) is 6.92 Å². The van der Waals surface area contributed by atoms with Crippen LogP contribution in [0.2, 0.25) is 0 Å². The number of carbonyl (C=O) groups is 1. The van der Waals surface area contributed by atoms with Crippen LogP contribution in [-0.4, -0.2) is 40.0 Å². The summed E-state index contributed by atoms with van der Waals surface area (Å²) in [4.78, 5) is 20.5. The molecule has 2 saturated carbocycles. The maximum Gasteiger partial charge on any atom is 0.274 e. The van der Waals surface area contributed by atoms with Crippen LogP contribution >= 0.6 is 0 Å². The Bertz CT molecular complexity index is 1190. The number of ether oxygens (including phenoxy) is 1. The lowest BCUT2D eigenvalue weighted by Crippen LogP contribution is -2.35. The van der Waals surface area contributed by atoms with Gasteiger partial charge in [0, 0.05) is 29.3 Å². The van der Waals surface area contributed by atoms with E-state index in [0.717, 1.165) is 56.4 Å². The molecule has 0 radical (unpaired) electrons. The molecule has 2 heterocycles. The van der Waals surface area contributed by atoms with E-state index in [0.29, 0.717) is 34.2 Å². The van der Waals surface area contributed by atoms with Gasteiger partial charge in [-0.2, -0.15) is 0 Å². The number of piperidine rings is 1. The SMILES string of the molecule is CCCOc1cc(C)cc(C(=O)Nc2ccc(S(=N)(=O)C3CC3)cc2N2CCC3(CC2)CC3)n1. The third kappa shape index (κ3) is 4.78. The zero-order chi connectivity index (χ0) is 23.9. The third-order valence-corrected chi connectivity index (χ3v) is 9.68. The molecule has 2 aliphatic carbocycles. The normalized spacial score (nSPS) is 20.6. The molecule has 1 atom stereocenters. The maximum atomic E-state index is 13.2. The number of hydrogen-bond acceptors (Lipinski definition) is 6. The molecule has 1 aliphatic heterocycles. The largest absolute Gasteiger partial charge is 0.478 e. The molecular formula is C26H34N4O3S. The van der Waals surface area contributed by atoms with Crippen molar-refractivity contribution >= 4 is 27.0 Å². The van der Waals surface area contributed by atoms with Crippen molar-refractivity contribution in [2.75, 3.05) is 29.9 Å². The van der Waals surface area contributed by atoms with Crippen LogP contribution in [0, 0.1) is 17.1 Å². The summed E-state index contributed by atoms with van der Waals surface area (Å²) in [6.45, 7) is 6.31. The van der Waals surface area contributed by atoms with Crippen molar-refractivity contribution in [1.29, 1.82) is 4.78 Å². The summed E-state index contributed by atoms with van der Waals surface area (Å²) in [5, 5.41) is 3.00. The first-order valence-electron chi connectivity index (χ1n) is 12.4. The molecule has 2 N–H and O–H groups in total. The summed E-state index contributed by atoms with van der Waals surface area (Å²) in [6.07, 6.45) is 7.47. The van der Waals surface area contributed by atoms with E-state index in [1.165, 1.54) is 12.8 Å². The first-order chi connectivity index (χ1) is 16.3. The predicted molar refractivity (Wildman–Crippen MR) is 134 cm³/mol. The Kier molecular flexibility index (Phi) is 6.04. The number of aryl methyl sites for hydroxylation is 1. The van der Waals surface area contributed by atoms with E-state index < -0.39 is 9.73 Å². The van der Waals surface area contributed by atoms with E-state index in [-0.39, 0.29) is 11.2 Å². The van der Waals surface area contributed by atoms with Crippen LogP contribution in [-0.2, 0) is 9.73 Å². The minimum atomic E-state index is -2.82. The minimum absolute atomic E-state index is 0.0464. The summed E-state index contributed by atoms with van der Waals surface area (Å²) >= 11 is 0. The molecule has 1 saturated heterocycles. The molecule has 2 aromatic rings. The number of amides is 1. The number of rotatable bonds is 8. The van der Waals surface area contributed by atoms with Crippen molar-refractivity contribution in [3.63, 3.8) is 0 Å². The van der Waals surface area contributed by atoms with Gasteiger partial charge in [-0.05, 0) is 87.1 Å². The fourth-order valence-electron chi connectivity index (χ4n) is 4.78. The Morgan fingerprint density at radius 2 is 1.94 bits per heavy atom. The molecule has 5 rings (SSSR count). The first kappa shape index (κ1) is 23.1. The highest BCUT2D eigenvalue weighted by Crippen LogP contribution is 2.54. The van der Waals surface area contributed by atoms with Gasteiger partial charge >= 0.3 is 0 Å². The van der Waals surface area contributed by atoms with Gasteiger partial charge in [-0.15, -0.1) is 0 Å². The lowest BCUT2D eigenvalue weighted by atomic mass is 9.93. The van der Waals surface area contributed by atoms with Crippen LogP contribution in [0.5, 0.6) is 5.88 Å². The second-order valence-corrected chi connectivity index (χ2v) is 12.5. The van der Waals surface area contributed by atoms with Crippen LogP contribution < -0.4 is 15.0 Å². The smallest absolute Gasteiger partial charge is 0.274 e. The van der Waals surface area contributed by atoms with Gasteiger partial charge in [0.05, 0.1) is 27.7 Å². The van der Waals surface area contributed by atoms with Gasteiger partial charge in [0.2, 0.25) is 5.88 Å². The Hall–Kier alpha value is -2.61. The van der Waals surface area contributed by atoms with Crippen molar-refractivity contribution in [3.05, 3.63) is 41.6 Å². The van der Waals surface area contributed by atoms with E-state index in [9.17, 15) is 9.00 Å². The molecule has 0 bridgehead atoms. The number of aromatic nitrogens is 1. The quantitative estimate of drug-likeness (QED) is 0.527. The number of nitrogens with one attached hydrogen (secondary N) is 2.